The summed E-state index contributed by atoms with van der Waals surface area (Å²) in [5, 5.41) is 3.14. The van der Waals surface area contributed by atoms with Crippen LogP contribution in [-0.4, -0.2) is 20.9 Å². The molecule has 1 atom stereocenters. The van der Waals surface area contributed by atoms with Crippen LogP contribution in [-0.2, 0) is 20.2 Å². The lowest BCUT2D eigenvalue weighted by atomic mass is 9.86. The van der Waals surface area contributed by atoms with E-state index in [2.05, 4.69) is 26.1 Å². The van der Waals surface area contributed by atoms with Gasteiger partial charge in [-0.1, -0.05) is 92.5 Å². The van der Waals surface area contributed by atoms with Crippen LogP contribution in [0, 0.1) is 0 Å². The minimum absolute atomic E-state index is 0.0214. The number of halogens is 2. The summed E-state index contributed by atoms with van der Waals surface area (Å²) in [6.45, 7) is 7.80. The number of nitrogens with zero attached hydrogens (tertiary/aromatic N) is 1. The van der Waals surface area contributed by atoms with Crippen LogP contribution in [0.25, 0.3) is 0 Å². The van der Waals surface area contributed by atoms with Crippen molar-refractivity contribution in [2.24, 2.45) is 0 Å². The van der Waals surface area contributed by atoms with Gasteiger partial charge >= 0.3 is 0 Å². The molecule has 0 saturated carbocycles. The first-order valence-electron chi connectivity index (χ1n) is 10.8. The fourth-order valence-corrected chi connectivity index (χ4v) is 5.38. The van der Waals surface area contributed by atoms with Gasteiger partial charge in [0, 0.05) is 0 Å². The van der Waals surface area contributed by atoms with Gasteiger partial charge in [0.05, 0.1) is 26.7 Å². The van der Waals surface area contributed by atoms with E-state index in [1.54, 1.807) is 30.3 Å². The van der Waals surface area contributed by atoms with Gasteiger partial charge < -0.3 is 5.32 Å². The van der Waals surface area contributed by atoms with Crippen LogP contribution < -0.4 is 9.62 Å². The maximum absolute atomic E-state index is 13.5. The summed E-state index contributed by atoms with van der Waals surface area (Å²) in [7, 11) is -4.08. The van der Waals surface area contributed by atoms with E-state index in [9.17, 15) is 13.2 Å². The first kappa shape index (κ1) is 26.1. The van der Waals surface area contributed by atoms with Gasteiger partial charge in [0.2, 0.25) is 5.91 Å². The number of hydrogen-bond acceptors (Lipinski definition) is 3. The van der Waals surface area contributed by atoms with Crippen molar-refractivity contribution in [2.75, 3.05) is 10.8 Å². The second kappa shape index (κ2) is 10.4. The molecule has 0 heterocycles. The average Bonchev–Trinajstić information content (AvgIpc) is 2.79. The van der Waals surface area contributed by atoms with E-state index in [0.29, 0.717) is 0 Å². The molecule has 0 spiro atoms. The van der Waals surface area contributed by atoms with Crippen molar-refractivity contribution in [3.05, 3.63) is 94.0 Å². The molecule has 0 aromatic heterocycles. The molecule has 0 aliphatic heterocycles. The van der Waals surface area contributed by atoms with Gasteiger partial charge in [-0.2, -0.15) is 0 Å². The quantitative estimate of drug-likeness (QED) is 0.395. The number of nitrogens with one attached hydrogen (secondary N) is 1. The molecular weight excluding hydrogens is 491 g/mol. The second-order valence-corrected chi connectivity index (χ2v) is 11.7. The molecule has 0 unspecified atom stereocenters. The lowest BCUT2D eigenvalue weighted by Crippen LogP contribution is -2.41. The smallest absolute Gasteiger partial charge is 0.264 e. The molecular formula is C26H28Cl2N2O3S. The standard InChI is InChI=1S/C26H28Cl2N2O3S/c1-18(19-13-15-20(16-14-19)26(2,3)4)29-24(31)17-30(23-12-8-11-22(27)25(23)28)34(32,33)21-9-6-5-7-10-21/h5-16,18H,17H2,1-4H3,(H,29,31)/t18-/m0/s1. The van der Waals surface area contributed by atoms with Gasteiger partial charge in [-0.05, 0) is 47.7 Å². The predicted octanol–water partition coefficient (Wildman–Crippen LogP) is 6.36. The van der Waals surface area contributed by atoms with Crippen molar-refractivity contribution in [3.63, 3.8) is 0 Å². The van der Waals surface area contributed by atoms with Crippen LogP contribution in [0.3, 0.4) is 0 Å². The number of benzene rings is 3. The van der Waals surface area contributed by atoms with E-state index < -0.39 is 22.5 Å². The van der Waals surface area contributed by atoms with Gasteiger partial charge in [-0.15, -0.1) is 0 Å². The molecule has 0 aliphatic rings. The van der Waals surface area contributed by atoms with Crippen LogP contribution in [0.1, 0.15) is 44.9 Å². The Bertz CT molecular complexity index is 1260. The van der Waals surface area contributed by atoms with E-state index >= 15 is 0 Å². The Balaban J connectivity index is 1.88. The molecule has 0 aliphatic carbocycles. The van der Waals surface area contributed by atoms with Crippen molar-refractivity contribution < 1.29 is 13.2 Å². The number of sulfonamides is 1. The molecule has 0 fully saturated rings. The summed E-state index contributed by atoms with van der Waals surface area (Å²) >= 11 is 12.5. The Hall–Kier alpha value is -2.54. The van der Waals surface area contributed by atoms with Gasteiger partial charge in [0.25, 0.3) is 10.0 Å². The summed E-state index contributed by atoms with van der Waals surface area (Å²) < 4.78 is 27.9. The van der Waals surface area contributed by atoms with Crippen LogP contribution in [0.2, 0.25) is 10.0 Å². The number of amides is 1. The largest absolute Gasteiger partial charge is 0.348 e. The predicted molar refractivity (Wildman–Crippen MR) is 139 cm³/mol. The Labute approximate surface area is 211 Å². The molecule has 1 N–H and O–H groups in total. The highest BCUT2D eigenvalue weighted by Gasteiger charge is 2.29. The van der Waals surface area contributed by atoms with Crippen LogP contribution >= 0.6 is 23.2 Å². The van der Waals surface area contributed by atoms with Gasteiger partial charge in [-0.25, -0.2) is 8.42 Å². The molecule has 1 amide bonds. The van der Waals surface area contributed by atoms with E-state index in [0.717, 1.165) is 9.87 Å². The number of rotatable bonds is 7. The van der Waals surface area contributed by atoms with Crippen molar-refractivity contribution >= 4 is 44.8 Å². The van der Waals surface area contributed by atoms with Crippen molar-refractivity contribution in [3.8, 4) is 0 Å². The number of carbonyl (C=O) groups excluding carboxylic acids is 1. The Kier molecular flexibility index (Phi) is 7.96. The monoisotopic (exact) mass is 518 g/mol. The summed E-state index contributed by atoms with van der Waals surface area (Å²) in [5.41, 5.74) is 2.26. The van der Waals surface area contributed by atoms with Crippen molar-refractivity contribution in [1.82, 2.24) is 5.32 Å². The highest BCUT2D eigenvalue weighted by molar-refractivity contribution is 7.92. The maximum Gasteiger partial charge on any atom is 0.264 e. The van der Waals surface area contributed by atoms with E-state index in [1.807, 2.05) is 31.2 Å². The Morgan fingerprint density at radius 3 is 2.15 bits per heavy atom. The zero-order valence-corrected chi connectivity index (χ0v) is 21.9. The number of anilines is 1. The maximum atomic E-state index is 13.5. The normalized spacial score (nSPS) is 12.8. The van der Waals surface area contributed by atoms with Crippen molar-refractivity contribution in [2.45, 2.75) is 44.0 Å². The first-order chi connectivity index (χ1) is 15.9. The fourth-order valence-electron chi connectivity index (χ4n) is 3.48. The fraction of sp³-hybridized carbons (Fsp3) is 0.269. The molecule has 0 radical (unpaired) electrons. The van der Waals surface area contributed by atoms with E-state index in [1.165, 1.54) is 23.8 Å². The third kappa shape index (κ3) is 5.93. The molecule has 0 saturated heterocycles. The third-order valence-electron chi connectivity index (χ3n) is 5.47. The van der Waals surface area contributed by atoms with Crippen LogP contribution in [0.5, 0.6) is 0 Å². The van der Waals surface area contributed by atoms with E-state index in [4.69, 9.17) is 23.2 Å². The molecule has 8 heteroatoms. The zero-order valence-electron chi connectivity index (χ0n) is 19.5. The molecule has 5 nitrogen and oxygen atoms in total. The Morgan fingerprint density at radius 1 is 0.941 bits per heavy atom. The van der Waals surface area contributed by atoms with E-state index in [-0.39, 0.29) is 32.1 Å². The minimum atomic E-state index is -4.08. The van der Waals surface area contributed by atoms with Gasteiger partial charge in [-0.3, -0.25) is 9.10 Å². The molecule has 0 bridgehead atoms. The SMILES string of the molecule is C[C@H](NC(=O)CN(c1cccc(Cl)c1Cl)S(=O)(=O)c1ccccc1)c1ccc(C(C)(C)C)cc1. The van der Waals surface area contributed by atoms with Crippen molar-refractivity contribution in [1.29, 1.82) is 0 Å². The van der Waals surface area contributed by atoms with Gasteiger partial charge in [0.1, 0.15) is 6.54 Å². The summed E-state index contributed by atoms with van der Waals surface area (Å²) in [6, 6.07) is 20.3. The molecule has 3 rings (SSSR count). The molecule has 3 aromatic carbocycles. The lowest BCUT2D eigenvalue weighted by molar-refractivity contribution is -0.120. The molecule has 180 valence electrons. The highest BCUT2D eigenvalue weighted by atomic mass is 35.5. The zero-order chi connectivity index (χ0) is 25.1. The third-order valence-corrected chi connectivity index (χ3v) is 8.06. The first-order valence-corrected chi connectivity index (χ1v) is 13.0. The molecule has 3 aromatic rings. The summed E-state index contributed by atoms with van der Waals surface area (Å²) in [5.74, 6) is -0.469. The van der Waals surface area contributed by atoms with Gasteiger partial charge in [0.15, 0.2) is 0 Å². The lowest BCUT2D eigenvalue weighted by Gasteiger charge is -2.26. The second-order valence-electron chi connectivity index (χ2n) is 9.06. The minimum Gasteiger partial charge on any atom is -0.348 e. The van der Waals surface area contributed by atoms with Crippen LogP contribution in [0.4, 0.5) is 5.69 Å². The summed E-state index contributed by atoms with van der Waals surface area (Å²) in [4.78, 5) is 13.1. The summed E-state index contributed by atoms with van der Waals surface area (Å²) in [6.07, 6.45) is 0. The number of hydrogen-bond donors (Lipinski definition) is 1. The number of carbonyl (C=O) groups is 1. The Morgan fingerprint density at radius 2 is 1.56 bits per heavy atom. The topological polar surface area (TPSA) is 66.5 Å². The average molecular weight is 519 g/mol. The van der Waals surface area contributed by atoms with Crippen LogP contribution in [0.15, 0.2) is 77.7 Å². The molecule has 34 heavy (non-hydrogen) atoms. The highest BCUT2D eigenvalue weighted by Crippen LogP contribution is 2.35.